The van der Waals surface area contributed by atoms with Crippen LogP contribution in [0.25, 0.3) is 22.3 Å². The van der Waals surface area contributed by atoms with Crippen LogP contribution in [0, 0.1) is 0 Å². The molecule has 122 valence electrons. The topological polar surface area (TPSA) is 87.8 Å². The number of hydrogen-bond donors (Lipinski definition) is 2. The number of fused-ring (bicyclic) bond motifs is 1. The Balaban J connectivity index is 1.90. The van der Waals surface area contributed by atoms with Crippen LogP contribution >= 0.6 is 0 Å². The summed E-state index contributed by atoms with van der Waals surface area (Å²) >= 11 is 0. The highest BCUT2D eigenvalue weighted by atomic mass is 16.5. The molecule has 1 aliphatic rings. The number of aromatic nitrogens is 3. The van der Waals surface area contributed by atoms with Crippen molar-refractivity contribution in [1.82, 2.24) is 15.0 Å². The number of benzene rings is 1. The predicted octanol–water partition coefficient (Wildman–Crippen LogP) is 2.55. The lowest BCUT2D eigenvalue weighted by atomic mass is 10.0. The SMILES string of the molecule is CCOc1ccc(-c2cc(C3CC3)c3[nH]c(=O)[nH]c(=O)c3n2)cc1. The molecule has 24 heavy (non-hydrogen) atoms. The second kappa shape index (κ2) is 5.63. The van der Waals surface area contributed by atoms with Crippen LogP contribution in [-0.4, -0.2) is 21.6 Å². The van der Waals surface area contributed by atoms with Crippen molar-refractivity contribution in [3.8, 4) is 17.0 Å². The van der Waals surface area contributed by atoms with E-state index in [0.717, 1.165) is 35.4 Å². The van der Waals surface area contributed by atoms with Gasteiger partial charge in [0.05, 0.1) is 17.8 Å². The number of rotatable bonds is 4. The molecule has 2 N–H and O–H groups in total. The molecule has 6 heteroatoms. The normalized spacial score (nSPS) is 14.0. The maximum absolute atomic E-state index is 12.2. The average molecular weight is 323 g/mol. The average Bonchev–Trinajstić information content (AvgIpc) is 3.40. The van der Waals surface area contributed by atoms with Crippen LogP contribution in [0.3, 0.4) is 0 Å². The number of pyridine rings is 1. The van der Waals surface area contributed by atoms with Gasteiger partial charge in [-0.15, -0.1) is 0 Å². The van der Waals surface area contributed by atoms with Crippen LogP contribution in [-0.2, 0) is 0 Å². The Labute approximate surface area is 137 Å². The highest BCUT2D eigenvalue weighted by molar-refractivity contribution is 5.81. The van der Waals surface area contributed by atoms with Crippen LogP contribution < -0.4 is 16.0 Å². The van der Waals surface area contributed by atoms with Crippen molar-refractivity contribution < 1.29 is 4.74 Å². The third-order valence-corrected chi connectivity index (χ3v) is 4.21. The summed E-state index contributed by atoms with van der Waals surface area (Å²) in [6, 6.07) is 9.60. The largest absolute Gasteiger partial charge is 0.494 e. The van der Waals surface area contributed by atoms with E-state index >= 15 is 0 Å². The van der Waals surface area contributed by atoms with Crippen LogP contribution in [0.5, 0.6) is 5.75 Å². The quantitative estimate of drug-likeness (QED) is 0.772. The lowest BCUT2D eigenvalue weighted by molar-refractivity contribution is 0.340. The number of ether oxygens (including phenoxy) is 1. The summed E-state index contributed by atoms with van der Waals surface area (Å²) in [6.07, 6.45) is 2.13. The van der Waals surface area contributed by atoms with Gasteiger partial charge in [-0.3, -0.25) is 9.78 Å². The zero-order valence-electron chi connectivity index (χ0n) is 13.3. The molecule has 1 fully saturated rings. The Bertz CT molecular complexity index is 1010. The molecule has 0 unspecified atom stereocenters. The Morgan fingerprint density at radius 3 is 2.58 bits per heavy atom. The van der Waals surface area contributed by atoms with E-state index in [1.54, 1.807) is 0 Å². The molecule has 6 nitrogen and oxygen atoms in total. The van der Waals surface area contributed by atoms with E-state index in [2.05, 4.69) is 15.0 Å². The summed E-state index contributed by atoms with van der Waals surface area (Å²) in [5.41, 5.74) is 2.52. The molecule has 1 saturated carbocycles. The Kier molecular flexibility index (Phi) is 3.45. The van der Waals surface area contributed by atoms with Gasteiger partial charge in [0.1, 0.15) is 5.75 Å². The summed E-state index contributed by atoms with van der Waals surface area (Å²) in [5.74, 6) is 1.18. The van der Waals surface area contributed by atoms with Gasteiger partial charge in [-0.1, -0.05) is 0 Å². The Morgan fingerprint density at radius 2 is 1.92 bits per heavy atom. The highest BCUT2D eigenvalue weighted by Crippen LogP contribution is 2.43. The van der Waals surface area contributed by atoms with Crippen LogP contribution in [0.4, 0.5) is 0 Å². The third-order valence-electron chi connectivity index (χ3n) is 4.21. The van der Waals surface area contributed by atoms with Gasteiger partial charge in [-0.2, -0.15) is 0 Å². The molecule has 2 aromatic heterocycles. The Morgan fingerprint density at radius 1 is 1.17 bits per heavy atom. The fourth-order valence-electron chi connectivity index (χ4n) is 2.92. The van der Waals surface area contributed by atoms with E-state index in [4.69, 9.17) is 4.74 Å². The van der Waals surface area contributed by atoms with Crippen LogP contribution in [0.15, 0.2) is 39.9 Å². The zero-order chi connectivity index (χ0) is 16.7. The van der Waals surface area contributed by atoms with Gasteiger partial charge in [-0.05, 0) is 61.6 Å². The molecule has 1 aliphatic carbocycles. The lowest BCUT2D eigenvalue weighted by Gasteiger charge is -2.09. The number of nitrogens with zero attached hydrogens (tertiary/aromatic N) is 1. The van der Waals surface area contributed by atoms with E-state index in [9.17, 15) is 9.59 Å². The molecular formula is C18H17N3O3. The molecule has 0 amide bonds. The van der Waals surface area contributed by atoms with Crippen molar-refractivity contribution >= 4 is 11.0 Å². The predicted molar refractivity (Wildman–Crippen MR) is 91.6 cm³/mol. The van der Waals surface area contributed by atoms with E-state index in [1.807, 2.05) is 37.3 Å². The van der Waals surface area contributed by atoms with Gasteiger partial charge in [0.2, 0.25) is 0 Å². The number of nitrogens with one attached hydrogen (secondary N) is 2. The first-order valence-electron chi connectivity index (χ1n) is 8.06. The second-order valence-corrected chi connectivity index (χ2v) is 5.96. The molecular weight excluding hydrogens is 306 g/mol. The van der Waals surface area contributed by atoms with Crippen molar-refractivity contribution in [3.63, 3.8) is 0 Å². The van der Waals surface area contributed by atoms with E-state index < -0.39 is 11.2 Å². The summed E-state index contributed by atoms with van der Waals surface area (Å²) in [7, 11) is 0. The van der Waals surface area contributed by atoms with E-state index in [0.29, 0.717) is 18.0 Å². The van der Waals surface area contributed by atoms with Crippen molar-refractivity contribution in [2.24, 2.45) is 0 Å². The zero-order valence-corrected chi connectivity index (χ0v) is 13.3. The molecule has 1 aromatic carbocycles. The number of H-pyrrole nitrogens is 2. The summed E-state index contributed by atoms with van der Waals surface area (Å²) in [4.78, 5) is 33.2. The second-order valence-electron chi connectivity index (χ2n) is 5.96. The molecule has 3 aromatic rings. The summed E-state index contributed by atoms with van der Waals surface area (Å²) in [5, 5.41) is 0. The fraction of sp³-hybridized carbons (Fsp3) is 0.278. The maximum Gasteiger partial charge on any atom is 0.326 e. The van der Waals surface area contributed by atoms with Gasteiger partial charge in [0, 0.05) is 5.56 Å². The minimum Gasteiger partial charge on any atom is -0.494 e. The first-order chi connectivity index (χ1) is 11.7. The Hall–Kier alpha value is -2.89. The van der Waals surface area contributed by atoms with Gasteiger partial charge in [0.25, 0.3) is 5.56 Å². The van der Waals surface area contributed by atoms with Gasteiger partial charge >= 0.3 is 5.69 Å². The smallest absolute Gasteiger partial charge is 0.326 e. The monoisotopic (exact) mass is 323 g/mol. The first kappa shape index (κ1) is 14.7. The minimum absolute atomic E-state index is 0.280. The van der Waals surface area contributed by atoms with Crippen LogP contribution in [0.1, 0.15) is 31.2 Å². The van der Waals surface area contributed by atoms with Gasteiger partial charge < -0.3 is 9.72 Å². The van der Waals surface area contributed by atoms with Gasteiger partial charge in [0.15, 0.2) is 5.52 Å². The number of hydrogen-bond acceptors (Lipinski definition) is 4. The maximum atomic E-state index is 12.2. The molecule has 0 bridgehead atoms. The lowest BCUT2D eigenvalue weighted by Crippen LogP contribution is -2.23. The standard InChI is InChI=1S/C18H17N3O3/c1-2-24-12-7-5-11(6-8-12)14-9-13(10-3-4-10)15-16(19-14)17(22)21-18(23)20-15/h5-10H,2-4H2,1H3,(H2,20,21,22,23). The first-order valence-corrected chi connectivity index (χ1v) is 8.06. The summed E-state index contributed by atoms with van der Waals surface area (Å²) < 4.78 is 5.46. The third kappa shape index (κ3) is 2.60. The van der Waals surface area contributed by atoms with Crippen molar-refractivity contribution in [1.29, 1.82) is 0 Å². The number of aromatic amines is 2. The van der Waals surface area contributed by atoms with Gasteiger partial charge in [-0.25, -0.2) is 9.78 Å². The van der Waals surface area contributed by atoms with E-state index in [1.165, 1.54) is 0 Å². The molecule has 0 aliphatic heterocycles. The molecule has 0 spiro atoms. The van der Waals surface area contributed by atoms with Crippen molar-refractivity contribution in [3.05, 3.63) is 56.7 Å². The van der Waals surface area contributed by atoms with E-state index in [-0.39, 0.29) is 5.52 Å². The van der Waals surface area contributed by atoms with Crippen LogP contribution in [0.2, 0.25) is 0 Å². The highest BCUT2D eigenvalue weighted by Gasteiger charge is 2.27. The molecule has 0 saturated heterocycles. The molecule has 4 rings (SSSR count). The summed E-state index contributed by atoms with van der Waals surface area (Å²) in [6.45, 7) is 2.55. The molecule has 0 atom stereocenters. The molecule has 2 heterocycles. The fourth-order valence-corrected chi connectivity index (χ4v) is 2.92. The minimum atomic E-state index is -0.495. The van der Waals surface area contributed by atoms with Crippen molar-refractivity contribution in [2.75, 3.05) is 6.61 Å². The van der Waals surface area contributed by atoms with Crippen molar-refractivity contribution in [2.45, 2.75) is 25.7 Å². The molecule has 0 radical (unpaired) electrons.